The van der Waals surface area contributed by atoms with E-state index in [-0.39, 0.29) is 18.4 Å². The van der Waals surface area contributed by atoms with Crippen molar-refractivity contribution in [1.82, 2.24) is 4.90 Å². The van der Waals surface area contributed by atoms with E-state index in [1.807, 2.05) is 24.3 Å². The SMILES string of the molecule is CN(Cc1ccc(Cl)s1)C(=O)COc1ccccc1C(=O)Nc1ccccc1. The molecule has 0 bridgehead atoms. The number of carbonyl (C=O) groups is 2. The molecule has 2 amide bonds. The van der Waals surface area contributed by atoms with Crippen molar-refractivity contribution in [2.24, 2.45) is 0 Å². The van der Waals surface area contributed by atoms with E-state index < -0.39 is 0 Å². The fourth-order valence-corrected chi connectivity index (χ4v) is 3.65. The van der Waals surface area contributed by atoms with Gasteiger partial charge in [0.2, 0.25) is 0 Å². The number of hydrogen-bond acceptors (Lipinski definition) is 4. The van der Waals surface area contributed by atoms with Crippen LogP contribution < -0.4 is 10.1 Å². The van der Waals surface area contributed by atoms with Crippen LogP contribution >= 0.6 is 22.9 Å². The van der Waals surface area contributed by atoms with Crippen molar-refractivity contribution in [3.8, 4) is 5.75 Å². The maximum atomic E-state index is 12.6. The second kappa shape index (κ2) is 9.39. The van der Waals surface area contributed by atoms with Crippen LogP contribution in [0.4, 0.5) is 5.69 Å². The Hall–Kier alpha value is -2.83. The van der Waals surface area contributed by atoms with Crippen molar-refractivity contribution in [3.05, 3.63) is 81.5 Å². The van der Waals surface area contributed by atoms with Crippen molar-refractivity contribution in [2.75, 3.05) is 19.0 Å². The Bertz CT molecular complexity index is 959. The molecule has 0 saturated heterocycles. The first-order valence-corrected chi connectivity index (χ1v) is 9.79. The number of amides is 2. The molecule has 0 aliphatic heterocycles. The second-order valence-electron chi connectivity index (χ2n) is 6.06. The molecule has 3 rings (SSSR count). The van der Waals surface area contributed by atoms with Crippen LogP contribution in [-0.2, 0) is 11.3 Å². The quantitative estimate of drug-likeness (QED) is 0.610. The number of benzene rings is 2. The number of nitrogens with one attached hydrogen (secondary N) is 1. The second-order valence-corrected chi connectivity index (χ2v) is 7.86. The van der Waals surface area contributed by atoms with Crippen LogP contribution in [0.25, 0.3) is 0 Å². The minimum Gasteiger partial charge on any atom is -0.483 e. The van der Waals surface area contributed by atoms with Gasteiger partial charge in [0.15, 0.2) is 6.61 Å². The molecular formula is C21H19ClN2O3S. The third-order valence-electron chi connectivity index (χ3n) is 3.96. The number of carbonyl (C=O) groups excluding carboxylic acids is 2. The zero-order valence-corrected chi connectivity index (χ0v) is 16.8. The molecule has 144 valence electrons. The molecule has 0 unspecified atom stereocenters. The highest BCUT2D eigenvalue weighted by atomic mass is 35.5. The molecule has 0 fully saturated rings. The number of likely N-dealkylation sites (N-methyl/N-ethyl adjacent to an activating group) is 1. The fourth-order valence-electron chi connectivity index (χ4n) is 2.51. The van der Waals surface area contributed by atoms with E-state index in [1.165, 1.54) is 11.3 Å². The molecule has 1 aromatic heterocycles. The van der Waals surface area contributed by atoms with E-state index >= 15 is 0 Å². The molecule has 5 nitrogen and oxygen atoms in total. The lowest BCUT2D eigenvalue weighted by atomic mass is 10.2. The summed E-state index contributed by atoms with van der Waals surface area (Å²) in [5, 5.41) is 2.82. The lowest BCUT2D eigenvalue weighted by Crippen LogP contribution is -2.31. The number of halogens is 1. The molecule has 1 heterocycles. The standard InChI is InChI=1S/C21H19ClN2O3S/c1-24(13-16-11-12-19(22)28-16)20(25)14-27-18-10-6-5-9-17(18)21(26)23-15-7-3-2-4-8-15/h2-12H,13-14H2,1H3,(H,23,26). The third-order valence-corrected chi connectivity index (χ3v) is 5.18. The van der Waals surface area contributed by atoms with Gasteiger partial charge in [-0.2, -0.15) is 0 Å². The van der Waals surface area contributed by atoms with E-state index in [0.29, 0.717) is 27.9 Å². The van der Waals surface area contributed by atoms with Crippen LogP contribution in [0, 0.1) is 0 Å². The first-order chi connectivity index (χ1) is 13.5. The first kappa shape index (κ1) is 19.9. The summed E-state index contributed by atoms with van der Waals surface area (Å²) < 4.78 is 6.33. The molecule has 0 radical (unpaired) electrons. The van der Waals surface area contributed by atoms with Crippen LogP contribution in [0.5, 0.6) is 5.75 Å². The van der Waals surface area contributed by atoms with E-state index in [4.69, 9.17) is 16.3 Å². The van der Waals surface area contributed by atoms with Crippen LogP contribution in [0.1, 0.15) is 15.2 Å². The largest absolute Gasteiger partial charge is 0.483 e. The van der Waals surface area contributed by atoms with E-state index in [0.717, 1.165) is 4.88 Å². The highest BCUT2D eigenvalue weighted by Gasteiger charge is 2.16. The lowest BCUT2D eigenvalue weighted by Gasteiger charge is -2.17. The van der Waals surface area contributed by atoms with Crippen molar-refractivity contribution in [1.29, 1.82) is 0 Å². The average Bonchev–Trinajstić information content (AvgIpc) is 3.11. The Morgan fingerprint density at radius 2 is 1.75 bits per heavy atom. The summed E-state index contributed by atoms with van der Waals surface area (Å²) in [5.41, 5.74) is 1.06. The smallest absolute Gasteiger partial charge is 0.260 e. The monoisotopic (exact) mass is 414 g/mol. The molecule has 0 saturated carbocycles. The van der Waals surface area contributed by atoms with E-state index in [2.05, 4.69) is 5.32 Å². The summed E-state index contributed by atoms with van der Waals surface area (Å²) in [6, 6.07) is 19.7. The predicted octanol–water partition coefficient (Wildman–Crippen LogP) is 4.69. The Morgan fingerprint density at radius 3 is 2.46 bits per heavy atom. The molecule has 7 heteroatoms. The van der Waals surface area contributed by atoms with Gasteiger partial charge in [-0.1, -0.05) is 41.9 Å². The van der Waals surface area contributed by atoms with Gasteiger partial charge in [-0.05, 0) is 36.4 Å². The molecule has 3 aromatic rings. The Labute approximate surface area is 172 Å². The molecule has 0 aliphatic rings. The summed E-state index contributed by atoms with van der Waals surface area (Å²) in [5.74, 6) is -0.129. The van der Waals surface area contributed by atoms with Gasteiger partial charge >= 0.3 is 0 Å². The van der Waals surface area contributed by atoms with Gasteiger partial charge in [0, 0.05) is 17.6 Å². The van der Waals surface area contributed by atoms with Crippen molar-refractivity contribution >= 4 is 40.4 Å². The van der Waals surface area contributed by atoms with Gasteiger partial charge in [0.25, 0.3) is 11.8 Å². The molecular weight excluding hydrogens is 396 g/mol. The van der Waals surface area contributed by atoms with Gasteiger partial charge < -0.3 is 15.0 Å². The van der Waals surface area contributed by atoms with E-state index in [1.54, 1.807) is 54.4 Å². The van der Waals surface area contributed by atoms with Crippen LogP contribution in [0.3, 0.4) is 0 Å². The minimum atomic E-state index is -0.296. The number of anilines is 1. The first-order valence-electron chi connectivity index (χ1n) is 8.59. The summed E-state index contributed by atoms with van der Waals surface area (Å²) in [6.07, 6.45) is 0. The van der Waals surface area contributed by atoms with Gasteiger partial charge in [-0.15, -0.1) is 11.3 Å². The minimum absolute atomic E-state index is 0.161. The number of thiophene rings is 1. The maximum absolute atomic E-state index is 12.6. The summed E-state index contributed by atoms with van der Waals surface area (Å²) in [4.78, 5) is 27.5. The fraction of sp³-hybridized carbons (Fsp3) is 0.143. The van der Waals surface area contributed by atoms with Crippen molar-refractivity contribution in [2.45, 2.75) is 6.54 Å². The van der Waals surface area contributed by atoms with Crippen LogP contribution in [0.2, 0.25) is 4.34 Å². The van der Waals surface area contributed by atoms with Crippen molar-refractivity contribution in [3.63, 3.8) is 0 Å². The highest BCUT2D eigenvalue weighted by molar-refractivity contribution is 7.16. The lowest BCUT2D eigenvalue weighted by molar-refractivity contribution is -0.132. The zero-order valence-electron chi connectivity index (χ0n) is 15.2. The predicted molar refractivity (Wildman–Crippen MR) is 112 cm³/mol. The normalized spacial score (nSPS) is 10.4. The number of hydrogen-bond donors (Lipinski definition) is 1. The molecule has 1 N–H and O–H groups in total. The van der Waals surface area contributed by atoms with Crippen molar-refractivity contribution < 1.29 is 14.3 Å². The summed E-state index contributed by atoms with van der Waals surface area (Å²) >= 11 is 7.36. The topological polar surface area (TPSA) is 58.6 Å². The molecule has 0 atom stereocenters. The van der Waals surface area contributed by atoms with Gasteiger partial charge in [-0.25, -0.2) is 0 Å². The summed E-state index contributed by atoms with van der Waals surface area (Å²) in [7, 11) is 1.70. The third kappa shape index (κ3) is 5.34. The number of para-hydroxylation sites is 2. The van der Waals surface area contributed by atoms with Gasteiger partial charge in [0.1, 0.15) is 5.75 Å². The number of rotatable bonds is 7. The average molecular weight is 415 g/mol. The molecule has 2 aromatic carbocycles. The number of ether oxygens (including phenoxy) is 1. The van der Waals surface area contributed by atoms with Crippen LogP contribution in [0.15, 0.2) is 66.7 Å². The summed E-state index contributed by atoms with van der Waals surface area (Å²) in [6.45, 7) is 0.293. The Kier molecular flexibility index (Phi) is 6.68. The zero-order chi connectivity index (χ0) is 19.9. The van der Waals surface area contributed by atoms with Gasteiger partial charge in [-0.3, -0.25) is 9.59 Å². The van der Waals surface area contributed by atoms with Gasteiger partial charge in [0.05, 0.1) is 16.4 Å². The van der Waals surface area contributed by atoms with Crippen LogP contribution in [-0.4, -0.2) is 30.4 Å². The highest BCUT2D eigenvalue weighted by Crippen LogP contribution is 2.23. The molecule has 0 aliphatic carbocycles. The Balaban J connectivity index is 1.61. The number of nitrogens with zero attached hydrogens (tertiary/aromatic N) is 1. The molecule has 28 heavy (non-hydrogen) atoms. The van der Waals surface area contributed by atoms with E-state index in [9.17, 15) is 9.59 Å². The maximum Gasteiger partial charge on any atom is 0.260 e. The Morgan fingerprint density at radius 1 is 1.04 bits per heavy atom. The molecule has 0 spiro atoms.